The number of benzene rings is 2. The predicted molar refractivity (Wildman–Crippen MR) is 98.3 cm³/mol. The molecule has 0 amide bonds. The van der Waals surface area contributed by atoms with E-state index >= 15 is 0 Å². The maximum atomic E-state index is 12.3. The van der Waals surface area contributed by atoms with Gasteiger partial charge in [-0.3, -0.25) is 4.79 Å². The van der Waals surface area contributed by atoms with Crippen molar-refractivity contribution in [3.8, 4) is 5.75 Å². The molecule has 3 aromatic rings. The van der Waals surface area contributed by atoms with Gasteiger partial charge in [-0.2, -0.15) is 0 Å². The molecule has 0 saturated carbocycles. The smallest absolute Gasteiger partial charge is 0.480 e. The average molecular weight is 413 g/mol. The summed E-state index contributed by atoms with van der Waals surface area (Å²) in [6, 6.07) is 12.2. The van der Waals surface area contributed by atoms with Crippen LogP contribution in [0.1, 0.15) is 11.1 Å². The van der Waals surface area contributed by atoms with Gasteiger partial charge in [-0.15, -0.1) is 13.2 Å². The molecule has 1 heterocycles. The number of carboxylic acid groups (broad SMARTS) is 1. The number of carboxylic acids is 1. The van der Waals surface area contributed by atoms with Gasteiger partial charge >= 0.3 is 12.3 Å². The van der Waals surface area contributed by atoms with E-state index in [0.29, 0.717) is 6.54 Å². The second kappa shape index (κ2) is 8.12. The number of para-hydroxylation sites is 1. The average Bonchev–Trinajstić information content (AvgIpc) is 2.97. The summed E-state index contributed by atoms with van der Waals surface area (Å²) in [4.78, 5) is 13.5. The fourth-order valence-corrected chi connectivity index (χ4v) is 3.17. The van der Waals surface area contributed by atoms with E-state index in [-0.39, 0.29) is 12.2 Å². The molecular formula is C19H16ClF3N2O3. The Labute approximate surface area is 163 Å². The fourth-order valence-electron chi connectivity index (χ4n) is 3.00. The summed E-state index contributed by atoms with van der Waals surface area (Å²) in [5.41, 5.74) is 2.45. The number of carbonyl (C=O) groups is 1. The first-order valence-corrected chi connectivity index (χ1v) is 8.65. The molecule has 5 nitrogen and oxygen atoms in total. The first-order valence-electron chi connectivity index (χ1n) is 8.27. The van der Waals surface area contributed by atoms with Crippen LogP contribution in [0.4, 0.5) is 13.2 Å². The van der Waals surface area contributed by atoms with Crippen molar-refractivity contribution < 1.29 is 27.8 Å². The highest BCUT2D eigenvalue weighted by Gasteiger charge is 2.31. The molecule has 0 aliphatic heterocycles. The molecule has 0 aliphatic carbocycles. The van der Waals surface area contributed by atoms with Gasteiger partial charge < -0.3 is 14.4 Å². The van der Waals surface area contributed by atoms with Crippen LogP contribution in [0.25, 0.3) is 10.9 Å². The standard InChI is InChI=1S/C19H16ClF3N2O3/c20-24-16(18(26)27)9-13-11-25(17-4-2-1-3-15(13)17)10-12-5-7-14(8-6-12)28-19(21,22)23/h1-8,11,16,24H,9-10H2,(H,26,27)/t16-/m0/s1. The van der Waals surface area contributed by atoms with Crippen LogP contribution in [0, 0.1) is 0 Å². The maximum absolute atomic E-state index is 12.3. The number of nitrogens with one attached hydrogen (secondary N) is 1. The van der Waals surface area contributed by atoms with Gasteiger partial charge in [0.15, 0.2) is 0 Å². The molecule has 0 bridgehead atoms. The zero-order valence-electron chi connectivity index (χ0n) is 14.4. The topological polar surface area (TPSA) is 63.5 Å². The summed E-state index contributed by atoms with van der Waals surface area (Å²) >= 11 is 5.53. The third-order valence-electron chi connectivity index (χ3n) is 4.23. The van der Waals surface area contributed by atoms with Crippen LogP contribution >= 0.6 is 11.8 Å². The molecule has 0 radical (unpaired) electrons. The molecule has 1 aromatic heterocycles. The Hall–Kier alpha value is -2.71. The number of alkyl halides is 3. The zero-order valence-corrected chi connectivity index (χ0v) is 15.2. The van der Waals surface area contributed by atoms with Crippen LogP contribution in [0.5, 0.6) is 5.75 Å². The Morgan fingerprint density at radius 2 is 1.86 bits per heavy atom. The van der Waals surface area contributed by atoms with Crippen LogP contribution in [0.2, 0.25) is 0 Å². The van der Waals surface area contributed by atoms with Crippen LogP contribution in [-0.4, -0.2) is 28.0 Å². The predicted octanol–water partition coefficient (Wildman–Crippen LogP) is 4.33. The number of ether oxygens (including phenoxy) is 1. The summed E-state index contributed by atoms with van der Waals surface area (Å²) in [6.07, 6.45) is -2.72. The van der Waals surface area contributed by atoms with Crippen molar-refractivity contribution in [2.24, 2.45) is 0 Å². The number of nitrogens with zero attached hydrogens (tertiary/aromatic N) is 1. The van der Waals surface area contributed by atoms with Crippen LogP contribution in [0.15, 0.2) is 54.7 Å². The Morgan fingerprint density at radius 3 is 2.46 bits per heavy atom. The maximum Gasteiger partial charge on any atom is 0.573 e. The first kappa shape index (κ1) is 20.0. The Balaban J connectivity index is 1.86. The fraction of sp³-hybridized carbons (Fsp3) is 0.211. The lowest BCUT2D eigenvalue weighted by molar-refractivity contribution is -0.274. The number of halogens is 4. The third-order valence-corrected chi connectivity index (χ3v) is 4.50. The summed E-state index contributed by atoms with van der Waals surface area (Å²) in [5, 5.41) is 10.1. The van der Waals surface area contributed by atoms with E-state index in [1.54, 1.807) is 12.1 Å². The largest absolute Gasteiger partial charge is 0.573 e. The van der Waals surface area contributed by atoms with Crippen molar-refractivity contribution in [2.45, 2.75) is 25.4 Å². The first-order chi connectivity index (χ1) is 13.3. The van der Waals surface area contributed by atoms with Gasteiger partial charge in [0.05, 0.1) is 0 Å². The molecule has 0 spiro atoms. The summed E-state index contributed by atoms with van der Waals surface area (Å²) in [7, 11) is 0. The van der Waals surface area contributed by atoms with Crippen molar-refractivity contribution in [2.75, 3.05) is 0 Å². The quantitative estimate of drug-likeness (QED) is 0.567. The Bertz CT molecular complexity index is 971. The van der Waals surface area contributed by atoms with Gasteiger partial charge in [0.2, 0.25) is 0 Å². The van der Waals surface area contributed by atoms with Crippen molar-refractivity contribution >= 4 is 28.6 Å². The highest BCUT2D eigenvalue weighted by molar-refractivity contribution is 6.14. The highest BCUT2D eigenvalue weighted by Crippen LogP contribution is 2.26. The molecule has 3 rings (SSSR count). The Morgan fingerprint density at radius 1 is 1.18 bits per heavy atom. The van der Waals surface area contributed by atoms with Crippen LogP contribution in [-0.2, 0) is 17.8 Å². The van der Waals surface area contributed by atoms with Gasteiger partial charge in [0, 0.05) is 30.1 Å². The molecule has 0 fully saturated rings. The molecule has 1 atom stereocenters. The van der Waals surface area contributed by atoms with Crippen LogP contribution < -0.4 is 9.57 Å². The third kappa shape index (κ3) is 4.76. The van der Waals surface area contributed by atoms with Crippen molar-refractivity contribution in [1.82, 2.24) is 9.40 Å². The molecule has 0 aliphatic rings. The molecule has 148 valence electrons. The van der Waals surface area contributed by atoms with E-state index in [0.717, 1.165) is 22.0 Å². The van der Waals surface area contributed by atoms with Crippen molar-refractivity contribution in [3.05, 3.63) is 65.9 Å². The molecule has 2 aromatic carbocycles. The summed E-state index contributed by atoms with van der Waals surface area (Å²) in [5.74, 6) is -1.35. The highest BCUT2D eigenvalue weighted by atomic mass is 35.5. The zero-order chi connectivity index (χ0) is 20.3. The molecule has 28 heavy (non-hydrogen) atoms. The number of aromatic nitrogens is 1. The molecule has 2 N–H and O–H groups in total. The normalized spacial score (nSPS) is 12.9. The molecular weight excluding hydrogens is 397 g/mol. The van der Waals surface area contributed by atoms with Crippen molar-refractivity contribution in [1.29, 1.82) is 0 Å². The minimum absolute atomic E-state index is 0.185. The van der Waals surface area contributed by atoms with Crippen LogP contribution in [0.3, 0.4) is 0 Å². The number of aliphatic carboxylic acids is 1. The van der Waals surface area contributed by atoms with Gasteiger partial charge in [0.25, 0.3) is 0 Å². The second-order valence-electron chi connectivity index (χ2n) is 6.20. The van der Waals surface area contributed by atoms with E-state index in [1.165, 1.54) is 12.1 Å². The summed E-state index contributed by atoms with van der Waals surface area (Å²) in [6.45, 7) is 0.402. The molecule has 0 saturated heterocycles. The number of fused-ring (bicyclic) bond motifs is 1. The number of hydrogen-bond acceptors (Lipinski definition) is 3. The Kier molecular flexibility index (Phi) is 5.81. The van der Waals surface area contributed by atoms with Gasteiger partial charge in [-0.05, 0) is 41.1 Å². The van der Waals surface area contributed by atoms with E-state index in [1.807, 2.05) is 35.0 Å². The van der Waals surface area contributed by atoms with Gasteiger partial charge in [0.1, 0.15) is 11.8 Å². The minimum Gasteiger partial charge on any atom is -0.480 e. The van der Waals surface area contributed by atoms with E-state index in [2.05, 4.69) is 9.57 Å². The molecule has 0 unspecified atom stereocenters. The number of rotatable bonds is 7. The monoisotopic (exact) mass is 412 g/mol. The minimum atomic E-state index is -4.73. The number of hydrogen-bond donors (Lipinski definition) is 2. The van der Waals surface area contributed by atoms with Crippen molar-refractivity contribution in [3.63, 3.8) is 0 Å². The van der Waals surface area contributed by atoms with E-state index in [4.69, 9.17) is 11.8 Å². The lowest BCUT2D eigenvalue weighted by atomic mass is 10.1. The van der Waals surface area contributed by atoms with E-state index in [9.17, 15) is 23.1 Å². The lowest BCUT2D eigenvalue weighted by Gasteiger charge is -2.10. The van der Waals surface area contributed by atoms with E-state index < -0.39 is 18.4 Å². The molecule has 9 heteroatoms. The van der Waals surface area contributed by atoms with Gasteiger partial charge in [-0.1, -0.05) is 30.3 Å². The second-order valence-corrected chi connectivity index (χ2v) is 6.41. The lowest BCUT2D eigenvalue weighted by Crippen LogP contribution is -2.32. The summed E-state index contributed by atoms with van der Waals surface area (Å²) < 4.78 is 42.6. The SMILES string of the molecule is O=C(O)[C@H](Cc1cn(Cc2ccc(OC(F)(F)F)cc2)c2ccccc12)NCl. The van der Waals surface area contributed by atoms with Gasteiger partial charge in [-0.25, -0.2) is 4.84 Å².